The Balaban J connectivity index is 1.62. The van der Waals surface area contributed by atoms with Crippen LogP contribution < -0.4 is 14.8 Å². The second kappa shape index (κ2) is 7.34. The molecule has 1 amide bonds. The van der Waals surface area contributed by atoms with Gasteiger partial charge in [0.1, 0.15) is 13.2 Å². The number of nitrogens with zero attached hydrogens (tertiary/aromatic N) is 1. The Morgan fingerprint density at radius 2 is 1.89 bits per heavy atom. The Morgan fingerprint density at radius 1 is 1.22 bits per heavy atom. The molecule has 0 bridgehead atoms. The van der Waals surface area contributed by atoms with Crippen molar-refractivity contribution in [1.29, 1.82) is 0 Å². The number of carbonyl (C=O) groups is 1. The van der Waals surface area contributed by atoms with Crippen molar-refractivity contribution in [3.63, 3.8) is 0 Å². The Labute approximate surface area is 162 Å². The molecule has 0 aromatic heterocycles. The summed E-state index contributed by atoms with van der Waals surface area (Å²) in [5.41, 5.74) is 3.02. The Hall–Kier alpha value is -1.75. The fourth-order valence-corrected chi connectivity index (χ4v) is 5.11. The van der Waals surface area contributed by atoms with Crippen molar-refractivity contribution in [2.75, 3.05) is 26.3 Å². The minimum Gasteiger partial charge on any atom is -0.486 e. The molecule has 5 heteroatoms. The fraction of sp³-hybridized carbons (Fsp3) is 0.682. The zero-order valence-electron chi connectivity index (χ0n) is 16.8. The van der Waals surface area contributed by atoms with Crippen LogP contribution in [0.4, 0.5) is 0 Å². The normalized spacial score (nSPS) is 23.5. The first-order valence-corrected chi connectivity index (χ1v) is 10.5. The molecular weight excluding hydrogens is 340 g/mol. The van der Waals surface area contributed by atoms with Crippen molar-refractivity contribution in [3.8, 4) is 11.5 Å². The third-order valence-electron chi connectivity index (χ3n) is 6.43. The van der Waals surface area contributed by atoms with Crippen LogP contribution in [0.15, 0.2) is 12.1 Å². The Bertz CT molecular complexity index is 710. The molecule has 1 spiro atoms. The summed E-state index contributed by atoms with van der Waals surface area (Å²) in [6.07, 6.45) is 5.56. The minimum absolute atomic E-state index is 0.144. The maximum Gasteiger partial charge on any atom is 0.221 e. The minimum atomic E-state index is 0.144. The van der Waals surface area contributed by atoms with E-state index in [0.29, 0.717) is 19.6 Å². The van der Waals surface area contributed by atoms with E-state index in [1.165, 1.54) is 36.8 Å². The number of nitrogens with one attached hydrogen (secondary N) is 1. The SMILES string of the molecule is CC(C)NC(=O)CCN1CC2(CCCC2)c2cc3c(cc2C1C)OCCO3. The van der Waals surface area contributed by atoms with E-state index >= 15 is 0 Å². The summed E-state index contributed by atoms with van der Waals surface area (Å²) in [6.45, 7) is 9.37. The van der Waals surface area contributed by atoms with Crippen molar-refractivity contribution >= 4 is 5.91 Å². The van der Waals surface area contributed by atoms with Crippen LogP contribution in [0.5, 0.6) is 11.5 Å². The van der Waals surface area contributed by atoms with Crippen LogP contribution in [0.2, 0.25) is 0 Å². The molecule has 4 rings (SSSR count). The molecule has 27 heavy (non-hydrogen) atoms. The lowest BCUT2D eigenvalue weighted by atomic mass is 9.71. The van der Waals surface area contributed by atoms with E-state index in [9.17, 15) is 4.79 Å². The Morgan fingerprint density at radius 3 is 2.56 bits per heavy atom. The molecule has 2 heterocycles. The first-order valence-electron chi connectivity index (χ1n) is 10.5. The molecule has 0 saturated heterocycles. The zero-order chi connectivity index (χ0) is 19.0. The largest absolute Gasteiger partial charge is 0.486 e. The third kappa shape index (κ3) is 3.54. The van der Waals surface area contributed by atoms with Crippen molar-refractivity contribution in [2.45, 2.75) is 70.4 Å². The lowest BCUT2D eigenvalue weighted by molar-refractivity contribution is -0.122. The van der Waals surface area contributed by atoms with Crippen LogP contribution >= 0.6 is 0 Å². The molecule has 1 aliphatic carbocycles. The van der Waals surface area contributed by atoms with Crippen LogP contribution in [0.1, 0.15) is 70.0 Å². The molecule has 1 atom stereocenters. The second-order valence-corrected chi connectivity index (χ2v) is 8.69. The lowest BCUT2D eigenvalue weighted by Crippen LogP contribution is -2.47. The summed E-state index contributed by atoms with van der Waals surface area (Å²) in [4.78, 5) is 14.7. The number of hydrogen-bond donors (Lipinski definition) is 1. The van der Waals surface area contributed by atoms with E-state index in [2.05, 4.69) is 29.3 Å². The van der Waals surface area contributed by atoms with Gasteiger partial charge in [0, 0.05) is 37.0 Å². The van der Waals surface area contributed by atoms with Gasteiger partial charge in [-0.05, 0) is 56.9 Å². The molecule has 148 valence electrons. The molecule has 1 aromatic rings. The van der Waals surface area contributed by atoms with E-state index in [-0.39, 0.29) is 23.4 Å². The van der Waals surface area contributed by atoms with E-state index in [1.807, 2.05) is 13.8 Å². The topological polar surface area (TPSA) is 50.8 Å². The van der Waals surface area contributed by atoms with Gasteiger partial charge in [0.05, 0.1) is 0 Å². The van der Waals surface area contributed by atoms with Crippen molar-refractivity contribution in [2.24, 2.45) is 0 Å². The highest BCUT2D eigenvalue weighted by atomic mass is 16.6. The van der Waals surface area contributed by atoms with Gasteiger partial charge in [-0.1, -0.05) is 12.8 Å². The van der Waals surface area contributed by atoms with Gasteiger partial charge in [0.15, 0.2) is 11.5 Å². The highest BCUT2D eigenvalue weighted by Crippen LogP contribution is 2.51. The summed E-state index contributed by atoms with van der Waals surface area (Å²) >= 11 is 0. The quantitative estimate of drug-likeness (QED) is 0.878. The monoisotopic (exact) mass is 372 g/mol. The molecule has 3 aliphatic rings. The zero-order valence-corrected chi connectivity index (χ0v) is 16.8. The summed E-state index contributed by atoms with van der Waals surface area (Å²) in [7, 11) is 0. The average molecular weight is 373 g/mol. The lowest BCUT2D eigenvalue weighted by Gasteiger charge is -2.46. The molecule has 1 unspecified atom stereocenters. The number of fused-ring (bicyclic) bond motifs is 3. The number of ether oxygens (including phenoxy) is 2. The average Bonchev–Trinajstić information content (AvgIpc) is 3.11. The summed E-state index contributed by atoms with van der Waals surface area (Å²) < 4.78 is 11.7. The highest BCUT2D eigenvalue weighted by Gasteiger charge is 2.44. The van der Waals surface area contributed by atoms with Crippen molar-refractivity contribution in [3.05, 3.63) is 23.3 Å². The predicted molar refractivity (Wildman–Crippen MR) is 105 cm³/mol. The van der Waals surface area contributed by atoms with Crippen molar-refractivity contribution in [1.82, 2.24) is 10.2 Å². The second-order valence-electron chi connectivity index (χ2n) is 8.69. The number of carbonyl (C=O) groups excluding carboxylic acids is 1. The van der Waals surface area contributed by atoms with E-state index in [0.717, 1.165) is 24.6 Å². The number of benzene rings is 1. The molecule has 1 saturated carbocycles. The molecule has 2 aliphatic heterocycles. The first kappa shape index (κ1) is 18.6. The maximum atomic E-state index is 12.2. The Kier molecular flexibility index (Phi) is 5.06. The summed E-state index contributed by atoms with van der Waals surface area (Å²) in [5, 5.41) is 3.02. The number of hydrogen-bond acceptors (Lipinski definition) is 4. The van der Waals surface area contributed by atoms with Gasteiger partial charge >= 0.3 is 0 Å². The highest BCUT2D eigenvalue weighted by molar-refractivity contribution is 5.76. The van der Waals surface area contributed by atoms with Gasteiger partial charge in [0.2, 0.25) is 5.91 Å². The third-order valence-corrected chi connectivity index (χ3v) is 6.43. The van der Waals surface area contributed by atoms with Crippen LogP contribution in [-0.2, 0) is 10.2 Å². The van der Waals surface area contributed by atoms with Crippen LogP contribution in [0, 0.1) is 0 Å². The molecule has 0 radical (unpaired) electrons. The van der Waals surface area contributed by atoms with E-state index < -0.39 is 0 Å². The maximum absolute atomic E-state index is 12.2. The molecule has 5 nitrogen and oxygen atoms in total. The molecular formula is C22H32N2O3. The fourth-order valence-electron chi connectivity index (χ4n) is 5.11. The van der Waals surface area contributed by atoms with Gasteiger partial charge < -0.3 is 14.8 Å². The van der Waals surface area contributed by atoms with Gasteiger partial charge in [-0.25, -0.2) is 0 Å². The standard InChI is InChI=1S/C22H32N2O3/c1-15(2)23-21(25)6-9-24-14-22(7-4-5-8-22)18-13-20-19(26-10-11-27-20)12-17(18)16(24)3/h12-13,15-16H,4-11,14H2,1-3H3,(H,23,25). The summed E-state index contributed by atoms with van der Waals surface area (Å²) in [5.74, 6) is 1.92. The van der Waals surface area contributed by atoms with Gasteiger partial charge in [-0.15, -0.1) is 0 Å². The first-order chi connectivity index (χ1) is 13.0. The van der Waals surface area contributed by atoms with Gasteiger partial charge in [-0.2, -0.15) is 0 Å². The van der Waals surface area contributed by atoms with Crippen LogP contribution in [-0.4, -0.2) is 43.2 Å². The molecule has 1 fully saturated rings. The predicted octanol–water partition coefficient (Wildman–Crippen LogP) is 3.56. The van der Waals surface area contributed by atoms with Gasteiger partial charge in [0.25, 0.3) is 0 Å². The van der Waals surface area contributed by atoms with Crippen molar-refractivity contribution < 1.29 is 14.3 Å². The van der Waals surface area contributed by atoms with Gasteiger partial charge in [-0.3, -0.25) is 9.69 Å². The summed E-state index contributed by atoms with van der Waals surface area (Å²) in [6, 6.07) is 4.94. The molecule has 1 aromatic carbocycles. The number of rotatable bonds is 4. The smallest absolute Gasteiger partial charge is 0.221 e. The van der Waals surface area contributed by atoms with Crippen LogP contribution in [0.3, 0.4) is 0 Å². The van der Waals surface area contributed by atoms with Crippen LogP contribution in [0.25, 0.3) is 0 Å². The van der Waals surface area contributed by atoms with E-state index in [1.54, 1.807) is 0 Å². The van der Waals surface area contributed by atoms with E-state index in [4.69, 9.17) is 9.47 Å². The number of amides is 1. The molecule has 1 N–H and O–H groups in total.